The van der Waals surface area contributed by atoms with Crippen LogP contribution in [-0.4, -0.2) is 68.1 Å². The molecular formula is C28H33FN2O6. The Morgan fingerprint density at radius 1 is 1.11 bits per heavy atom. The van der Waals surface area contributed by atoms with E-state index < -0.39 is 23.9 Å². The van der Waals surface area contributed by atoms with E-state index in [4.69, 9.17) is 14.2 Å². The third kappa shape index (κ3) is 5.63. The summed E-state index contributed by atoms with van der Waals surface area (Å²) in [6, 6.07) is 6.02. The predicted octanol–water partition coefficient (Wildman–Crippen LogP) is 2.45. The molecule has 8 nitrogen and oxygen atoms in total. The van der Waals surface area contributed by atoms with Crippen LogP contribution in [0.5, 0.6) is 5.75 Å². The number of ether oxygens (including phenoxy) is 3. The van der Waals surface area contributed by atoms with Crippen LogP contribution in [-0.2, 0) is 22.3 Å². The van der Waals surface area contributed by atoms with Crippen LogP contribution in [0.3, 0.4) is 0 Å². The fraction of sp³-hybridized carbons (Fsp3) is 0.500. The molecule has 0 spiro atoms. The average molecular weight is 513 g/mol. The van der Waals surface area contributed by atoms with Gasteiger partial charge in [-0.1, -0.05) is 6.07 Å². The van der Waals surface area contributed by atoms with Gasteiger partial charge in [0.15, 0.2) is 0 Å². The number of hydrogen-bond acceptors (Lipinski definition) is 6. The first kappa shape index (κ1) is 25.6. The van der Waals surface area contributed by atoms with Crippen LogP contribution >= 0.6 is 0 Å². The highest BCUT2D eigenvalue weighted by Gasteiger charge is 2.30. The number of carbonyl (C=O) groups excluding carboxylic acids is 2. The van der Waals surface area contributed by atoms with Gasteiger partial charge in [-0.2, -0.15) is 0 Å². The molecule has 0 saturated carbocycles. The van der Waals surface area contributed by atoms with Crippen molar-refractivity contribution < 1.29 is 33.3 Å². The van der Waals surface area contributed by atoms with Crippen molar-refractivity contribution in [1.82, 2.24) is 10.6 Å². The molecular weight excluding hydrogens is 479 g/mol. The van der Waals surface area contributed by atoms with E-state index in [1.807, 2.05) is 6.92 Å². The number of fused-ring (bicyclic) bond motifs is 1. The SMILES string of the molecule is Cc1c(Cc2ccc(C(=O)NC[C@H]3CCCO3)c(F)c2)cc(C(=O)N[C@H]2CCOC[C@@H]2O)c2c1CCO2. The number of benzene rings is 2. The van der Waals surface area contributed by atoms with E-state index in [9.17, 15) is 19.1 Å². The summed E-state index contributed by atoms with van der Waals surface area (Å²) in [5.74, 6) is -0.782. The summed E-state index contributed by atoms with van der Waals surface area (Å²) in [6.45, 7) is 4.20. The van der Waals surface area contributed by atoms with Crippen molar-refractivity contribution in [3.05, 3.63) is 63.5 Å². The Labute approximate surface area is 215 Å². The smallest absolute Gasteiger partial charge is 0.255 e. The zero-order valence-corrected chi connectivity index (χ0v) is 21.0. The first-order chi connectivity index (χ1) is 17.9. The molecule has 198 valence electrons. The second-order valence-corrected chi connectivity index (χ2v) is 9.96. The molecule has 2 amide bonds. The van der Waals surface area contributed by atoms with Crippen molar-refractivity contribution in [2.75, 3.05) is 33.0 Å². The number of rotatable bonds is 7. The first-order valence-corrected chi connectivity index (χ1v) is 12.9. The number of halogens is 1. The maximum absolute atomic E-state index is 14.9. The standard InChI is InChI=1S/C28H33FN2O6/c1-16-18(11-17-4-5-21(23(29)12-17)27(33)30-14-19-3-2-8-36-19)13-22(26-20(16)6-10-37-26)28(34)31-24-7-9-35-15-25(24)32/h4-5,12-13,19,24-25,32H,2-3,6-11,14-15H2,1H3,(H,30,33)(H,31,34)/t19-,24+,25+/m1/s1. The van der Waals surface area contributed by atoms with Crippen molar-refractivity contribution in [3.8, 4) is 5.75 Å². The van der Waals surface area contributed by atoms with Gasteiger partial charge in [-0.3, -0.25) is 9.59 Å². The molecule has 0 aliphatic carbocycles. The van der Waals surface area contributed by atoms with E-state index in [1.54, 1.807) is 12.1 Å². The highest BCUT2D eigenvalue weighted by molar-refractivity contribution is 5.98. The summed E-state index contributed by atoms with van der Waals surface area (Å²) in [6.07, 6.45) is 2.70. The van der Waals surface area contributed by atoms with E-state index >= 15 is 0 Å². The van der Waals surface area contributed by atoms with E-state index in [0.717, 1.165) is 29.5 Å². The van der Waals surface area contributed by atoms with Crippen molar-refractivity contribution in [1.29, 1.82) is 0 Å². The van der Waals surface area contributed by atoms with Gasteiger partial charge in [-0.05, 0) is 67.5 Å². The number of nitrogens with one attached hydrogen (secondary N) is 2. The quantitative estimate of drug-likeness (QED) is 0.526. The number of amides is 2. The third-order valence-corrected chi connectivity index (χ3v) is 7.44. The highest BCUT2D eigenvalue weighted by Crippen LogP contribution is 2.35. The van der Waals surface area contributed by atoms with Gasteiger partial charge in [0.1, 0.15) is 11.6 Å². The summed E-state index contributed by atoms with van der Waals surface area (Å²) >= 11 is 0. The molecule has 5 rings (SSSR count). The number of aliphatic hydroxyl groups excluding tert-OH is 1. The van der Waals surface area contributed by atoms with Crippen LogP contribution in [0.2, 0.25) is 0 Å². The van der Waals surface area contributed by atoms with Crippen molar-refractivity contribution in [3.63, 3.8) is 0 Å². The topological polar surface area (TPSA) is 106 Å². The minimum atomic E-state index is -0.763. The molecule has 3 atom stereocenters. The lowest BCUT2D eigenvalue weighted by atomic mass is 9.91. The lowest BCUT2D eigenvalue weighted by Crippen LogP contribution is -2.48. The van der Waals surface area contributed by atoms with Gasteiger partial charge in [-0.25, -0.2) is 4.39 Å². The lowest BCUT2D eigenvalue weighted by Gasteiger charge is -2.28. The summed E-state index contributed by atoms with van der Waals surface area (Å²) in [5.41, 5.74) is 3.97. The Bertz CT molecular complexity index is 1180. The van der Waals surface area contributed by atoms with E-state index in [1.165, 1.54) is 12.1 Å². The fourth-order valence-electron chi connectivity index (χ4n) is 5.27. The maximum Gasteiger partial charge on any atom is 0.255 e. The number of carbonyl (C=O) groups is 2. The van der Waals surface area contributed by atoms with Gasteiger partial charge in [-0.15, -0.1) is 0 Å². The second kappa shape index (κ2) is 11.2. The number of hydrogen-bond donors (Lipinski definition) is 3. The molecule has 0 bridgehead atoms. The Kier molecular flexibility index (Phi) is 7.73. The van der Waals surface area contributed by atoms with Gasteiger partial charge in [0, 0.05) is 31.7 Å². The van der Waals surface area contributed by atoms with E-state index in [2.05, 4.69) is 10.6 Å². The van der Waals surface area contributed by atoms with Gasteiger partial charge in [0.05, 0.1) is 42.6 Å². The molecule has 9 heteroatoms. The maximum atomic E-state index is 14.9. The average Bonchev–Trinajstić information content (AvgIpc) is 3.58. The zero-order chi connectivity index (χ0) is 25.9. The van der Waals surface area contributed by atoms with Crippen LogP contribution in [0.15, 0.2) is 24.3 Å². The van der Waals surface area contributed by atoms with Gasteiger partial charge < -0.3 is 30.0 Å². The van der Waals surface area contributed by atoms with E-state index in [0.29, 0.717) is 62.5 Å². The molecule has 3 N–H and O–H groups in total. The largest absolute Gasteiger partial charge is 0.492 e. The Balaban J connectivity index is 1.33. The zero-order valence-electron chi connectivity index (χ0n) is 21.0. The molecule has 0 unspecified atom stereocenters. The van der Waals surface area contributed by atoms with Crippen LogP contribution in [0.4, 0.5) is 4.39 Å². The molecule has 2 aromatic rings. The molecule has 3 heterocycles. The fourth-order valence-corrected chi connectivity index (χ4v) is 5.27. The van der Waals surface area contributed by atoms with Gasteiger partial charge >= 0.3 is 0 Å². The van der Waals surface area contributed by atoms with Gasteiger partial charge in [0.25, 0.3) is 11.8 Å². The molecule has 2 aromatic carbocycles. The first-order valence-electron chi connectivity index (χ1n) is 12.9. The van der Waals surface area contributed by atoms with Crippen molar-refractivity contribution >= 4 is 11.8 Å². The Hall–Kier alpha value is -3.01. The highest BCUT2D eigenvalue weighted by atomic mass is 19.1. The summed E-state index contributed by atoms with van der Waals surface area (Å²) in [5, 5.41) is 15.9. The normalized spacial score (nSPS) is 22.8. The molecule has 2 saturated heterocycles. The molecule has 0 radical (unpaired) electrons. The number of aliphatic hydroxyl groups is 1. The molecule has 2 fully saturated rings. The van der Waals surface area contributed by atoms with Crippen LogP contribution in [0, 0.1) is 12.7 Å². The monoisotopic (exact) mass is 512 g/mol. The van der Waals surface area contributed by atoms with E-state index in [-0.39, 0.29) is 24.2 Å². The molecule has 3 aliphatic rings. The third-order valence-electron chi connectivity index (χ3n) is 7.44. The summed E-state index contributed by atoms with van der Waals surface area (Å²) in [4.78, 5) is 25.7. The summed E-state index contributed by atoms with van der Waals surface area (Å²) in [7, 11) is 0. The molecule has 0 aromatic heterocycles. The van der Waals surface area contributed by atoms with Crippen LogP contribution in [0.25, 0.3) is 0 Å². The minimum absolute atomic E-state index is 0.00379. The van der Waals surface area contributed by atoms with Crippen molar-refractivity contribution in [2.45, 2.75) is 57.3 Å². The predicted molar refractivity (Wildman–Crippen MR) is 134 cm³/mol. The Morgan fingerprint density at radius 3 is 2.73 bits per heavy atom. The summed E-state index contributed by atoms with van der Waals surface area (Å²) < 4.78 is 31.5. The molecule has 37 heavy (non-hydrogen) atoms. The second-order valence-electron chi connectivity index (χ2n) is 9.96. The van der Waals surface area contributed by atoms with Gasteiger partial charge in [0.2, 0.25) is 0 Å². The van der Waals surface area contributed by atoms with Crippen LogP contribution in [0.1, 0.15) is 62.2 Å². The van der Waals surface area contributed by atoms with Crippen LogP contribution < -0.4 is 15.4 Å². The Morgan fingerprint density at radius 2 is 1.97 bits per heavy atom. The van der Waals surface area contributed by atoms with Crippen molar-refractivity contribution in [2.24, 2.45) is 0 Å². The minimum Gasteiger partial charge on any atom is -0.492 e. The molecule has 3 aliphatic heterocycles. The lowest BCUT2D eigenvalue weighted by molar-refractivity contribution is -0.0261.